The summed E-state index contributed by atoms with van der Waals surface area (Å²) in [5.41, 5.74) is 2.25. The maximum Gasteiger partial charge on any atom is 0.204 e. The Labute approximate surface area is 160 Å². The van der Waals surface area contributed by atoms with Crippen LogP contribution in [0, 0.1) is 0 Å². The van der Waals surface area contributed by atoms with Gasteiger partial charge in [0.05, 0.1) is 11.0 Å². The third-order valence-electron chi connectivity index (χ3n) is 5.17. The lowest BCUT2D eigenvalue weighted by Crippen LogP contribution is -2.47. The van der Waals surface area contributed by atoms with Crippen molar-refractivity contribution in [3.8, 4) is 0 Å². The highest BCUT2D eigenvalue weighted by atomic mass is 15.3. The van der Waals surface area contributed by atoms with Crippen LogP contribution >= 0.6 is 0 Å². The summed E-state index contributed by atoms with van der Waals surface area (Å²) < 4.78 is 2.29. The molecule has 3 aromatic rings. The third-order valence-corrected chi connectivity index (χ3v) is 5.17. The molecule has 2 aromatic heterocycles. The molecule has 1 aliphatic rings. The molecule has 6 heteroatoms. The van der Waals surface area contributed by atoms with E-state index in [0.29, 0.717) is 6.04 Å². The van der Waals surface area contributed by atoms with Gasteiger partial charge in [0, 0.05) is 51.5 Å². The fourth-order valence-electron chi connectivity index (χ4n) is 3.76. The van der Waals surface area contributed by atoms with Crippen molar-refractivity contribution in [3.05, 3.63) is 48.7 Å². The Kier molecular flexibility index (Phi) is 5.25. The highest BCUT2D eigenvalue weighted by Gasteiger charge is 2.18. The molecule has 6 nitrogen and oxygen atoms in total. The van der Waals surface area contributed by atoms with Crippen molar-refractivity contribution in [2.75, 3.05) is 49.5 Å². The molecule has 0 unspecified atom stereocenters. The van der Waals surface area contributed by atoms with Gasteiger partial charge in [-0.1, -0.05) is 18.2 Å². The van der Waals surface area contributed by atoms with Gasteiger partial charge in [-0.2, -0.15) is 0 Å². The van der Waals surface area contributed by atoms with E-state index in [2.05, 4.69) is 68.8 Å². The molecule has 1 fully saturated rings. The lowest BCUT2D eigenvalue weighted by Gasteiger charge is -2.35. The van der Waals surface area contributed by atoms with E-state index in [9.17, 15) is 0 Å². The van der Waals surface area contributed by atoms with Gasteiger partial charge in [0.15, 0.2) is 0 Å². The zero-order chi connectivity index (χ0) is 18.6. The van der Waals surface area contributed by atoms with Crippen LogP contribution in [0.4, 0.5) is 11.8 Å². The summed E-state index contributed by atoms with van der Waals surface area (Å²) in [4.78, 5) is 14.1. The van der Waals surface area contributed by atoms with Crippen LogP contribution in [-0.4, -0.2) is 58.7 Å². The smallest absolute Gasteiger partial charge is 0.204 e. The topological polar surface area (TPSA) is 49.2 Å². The minimum absolute atomic E-state index is 0.377. The Morgan fingerprint density at radius 2 is 1.78 bits per heavy atom. The van der Waals surface area contributed by atoms with E-state index in [1.165, 1.54) is 5.52 Å². The van der Waals surface area contributed by atoms with Gasteiger partial charge < -0.3 is 14.8 Å². The van der Waals surface area contributed by atoms with Crippen molar-refractivity contribution in [1.29, 1.82) is 0 Å². The van der Waals surface area contributed by atoms with Crippen LogP contribution in [0.3, 0.4) is 0 Å². The third kappa shape index (κ3) is 3.90. The Bertz CT molecular complexity index is 865. The summed E-state index contributed by atoms with van der Waals surface area (Å²) in [7, 11) is 0. The van der Waals surface area contributed by atoms with Gasteiger partial charge in [0.1, 0.15) is 5.82 Å². The second kappa shape index (κ2) is 7.96. The number of para-hydroxylation sites is 2. The maximum atomic E-state index is 4.79. The van der Waals surface area contributed by atoms with E-state index in [4.69, 9.17) is 4.98 Å². The zero-order valence-electron chi connectivity index (χ0n) is 16.2. The van der Waals surface area contributed by atoms with Crippen molar-refractivity contribution >= 4 is 22.8 Å². The number of benzene rings is 1. The van der Waals surface area contributed by atoms with Crippen molar-refractivity contribution in [1.82, 2.24) is 19.4 Å². The van der Waals surface area contributed by atoms with E-state index in [1.54, 1.807) is 0 Å². The summed E-state index contributed by atoms with van der Waals surface area (Å²) in [6.07, 6.45) is 1.87. The normalized spacial score (nSPS) is 15.6. The molecule has 0 aliphatic carbocycles. The molecule has 1 saturated heterocycles. The average molecular weight is 364 g/mol. The van der Waals surface area contributed by atoms with Crippen LogP contribution in [0.2, 0.25) is 0 Å². The molecule has 0 spiro atoms. The summed E-state index contributed by atoms with van der Waals surface area (Å²) >= 11 is 0. The molecule has 0 radical (unpaired) electrons. The van der Waals surface area contributed by atoms with Crippen LogP contribution in [0.25, 0.3) is 11.0 Å². The van der Waals surface area contributed by atoms with E-state index in [-0.39, 0.29) is 0 Å². The summed E-state index contributed by atoms with van der Waals surface area (Å²) in [5, 5.41) is 3.56. The number of pyridine rings is 1. The standard InChI is InChI=1S/C21H28N6/c1-17(2)27-19-8-4-3-7-18(19)24-21(27)23-11-12-25-13-15-26(16-14-25)20-9-5-6-10-22-20/h3-10,17H,11-16H2,1-2H3,(H,23,24). The Morgan fingerprint density at radius 1 is 1.00 bits per heavy atom. The van der Waals surface area contributed by atoms with Gasteiger partial charge in [-0.3, -0.25) is 4.90 Å². The van der Waals surface area contributed by atoms with Crippen LogP contribution in [0.1, 0.15) is 19.9 Å². The highest BCUT2D eigenvalue weighted by Crippen LogP contribution is 2.24. The molecule has 142 valence electrons. The first-order valence-electron chi connectivity index (χ1n) is 9.81. The second-order valence-electron chi connectivity index (χ2n) is 7.33. The Balaban J connectivity index is 1.32. The van der Waals surface area contributed by atoms with E-state index >= 15 is 0 Å². The Hall–Kier alpha value is -2.60. The van der Waals surface area contributed by atoms with Crippen molar-refractivity contribution in [3.63, 3.8) is 0 Å². The number of imidazole rings is 1. The lowest BCUT2D eigenvalue weighted by atomic mass is 10.3. The summed E-state index contributed by atoms with van der Waals surface area (Å²) in [6, 6.07) is 14.8. The summed E-state index contributed by atoms with van der Waals surface area (Å²) in [6.45, 7) is 10.5. The lowest BCUT2D eigenvalue weighted by molar-refractivity contribution is 0.266. The largest absolute Gasteiger partial charge is 0.354 e. The number of fused-ring (bicyclic) bond motifs is 1. The molecule has 4 rings (SSSR count). The Morgan fingerprint density at radius 3 is 2.52 bits per heavy atom. The number of hydrogen-bond donors (Lipinski definition) is 1. The minimum Gasteiger partial charge on any atom is -0.354 e. The van der Waals surface area contributed by atoms with Gasteiger partial charge in [0.2, 0.25) is 5.95 Å². The molecule has 1 aliphatic heterocycles. The molecule has 0 saturated carbocycles. The average Bonchev–Trinajstić information content (AvgIpc) is 3.08. The number of hydrogen-bond acceptors (Lipinski definition) is 5. The summed E-state index contributed by atoms with van der Waals surface area (Å²) in [5.74, 6) is 2.05. The monoisotopic (exact) mass is 364 g/mol. The number of anilines is 2. The van der Waals surface area contributed by atoms with Crippen LogP contribution in [0.15, 0.2) is 48.7 Å². The molecular formula is C21H28N6. The van der Waals surface area contributed by atoms with Crippen LogP contribution in [0.5, 0.6) is 0 Å². The second-order valence-corrected chi connectivity index (χ2v) is 7.33. The molecule has 3 heterocycles. The van der Waals surface area contributed by atoms with Gasteiger partial charge in [-0.15, -0.1) is 0 Å². The number of piperazine rings is 1. The maximum absolute atomic E-state index is 4.79. The van der Waals surface area contributed by atoms with Crippen molar-refractivity contribution in [2.45, 2.75) is 19.9 Å². The van der Waals surface area contributed by atoms with Gasteiger partial charge in [-0.05, 0) is 38.1 Å². The van der Waals surface area contributed by atoms with Gasteiger partial charge in [0.25, 0.3) is 0 Å². The first-order chi connectivity index (χ1) is 13.2. The van der Waals surface area contributed by atoms with Crippen LogP contribution < -0.4 is 10.2 Å². The van der Waals surface area contributed by atoms with E-state index < -0.39 is 0 Å². The molecule has 27 heavy (non-hydrogen) atoms. The molecule has 1 N–H and O–H groups in total. The first kappa shape index (κ1) is 17.8. The first-order valence-corrected chi connectivity index (χ1v) is 9.81. The van der Waals surface area contributed by atoms with Gasteiger partial charge in [-0.25, -0.2) is 9.97 Å². The minimum atomic E-state index is 0.377. The number of nitrogens with one attached hydrogen (secondary N) is 1. The molecular weight excluding hydrogens is 336 g/mol. The number of nitrogens with zero attached hydrogens (tertiary/aromatic N) is 5. The molecule has 0 atom stereocenters. The fourth-order valence-corrected chi connectivity index (χ4v) is 3.76. The molecule has 1 aromatic carbocycles. The van der Waals surface area contributed by atoms with Crippen molar-refractivity contribution < 1.29 is 0 Å². The van der Waals surface area contributed by atoms with E-state index in [1.807, 2.05) is 18.3 Å². The molecule has 0 bridgehead atoms. The zero-order valence-corrected chi connectivity index (χ0v) is 16.2. The van der Waals surface area contributed by atoms with Crippen LogP contribution in [-0.2, 0) is 0 Å². The SMILES string of the molecule is CC(C)n1c(NCCN2CCN(c3ccccn3)CC2)nc2ccccc21. The fraction of sp³-hybridized carbons (Fsp3) is 0.429. The van der Waals surface area contributed by atoms with Gasteiger partial charge >= 0.3 is 0 Å². The highest BCUT2D eigenvalue weighted by molar-refractivity contribution is 5.78. The van der Waals surface area contributed by atoms with Crippen molar-refractivity contribution in [2.24, 2.45) is 0 Å². The predicted octanol–water partition coefficient (Wildman–Crippen LogP) is 3.25. The quantitative estimate of drug-likeness (QED) is 0.728. The predicted molar refractivity (Wildman–Crippen MR) is 111 cm³/mol. The molecule has 0 amide bonds. The number of aromatic nitrogens is 3. The van der Waals surface area contributed by atoms with E-state index in [0.717, 1.165) is 56.6 Å². The number of rotatable bonds is 6.